The average Bonchev–Trinajstić information content (AvgIpc) is 2.37. The Bertz CT molecular complexity index is 356. The topological polar surface area (TPSA) is 22.1 Å². The number of aromatic nitrogens is 1. The van der Waals surface area contributed by atoms with Crippen LogP contribution in [0.3, 0.4) is 0 Å². The van der Waals surface area contributed by atoms with Crippen molar-refractivity contribution in [2.24, 2.45) is 0 Å². The second kappa shape index (κ2) is 6.39. The first-order chi connectivity index (χ1) is 8.31. The highest BCUT2D eigenvalue weighted by Gasteiger charge is 2.24. The summed E-state index contributed by atoms with van der Waals surface area (Å²) in [6, 6.07) is 2.16. The maximum absolute atomic E-state index is 5.64. The van der Waals surface area contributed by atoms with E-state index >= 15 is 0 Å². The molecule has 1 aromatic heterocycles. The molecular formula is C14H20BrNO. The van der Waals surface area contributed by atoms with Gasteiger partial charge in [-0.15, -0.1) is 0 Å². The molecule has 17 heavy (non-hydrogen) atoms. The predicted molar refractivity (Wildman–Crippen MR) is 73.9 cm³/mol. The second-order valence-electron chi connectivity index (χ2n) is 4.71. The molecular weight excluding hydrogens is 278 g/mol. The van der Waals surface area contributed by atoms with Crippen LogP contribution in [0.1, 0.15) is 50.5 Å². The number of hydrogen-bond donors (Lipinski definition) is 0. The molecule has 0 amide bonds. The molecule has 0 radical (unpaired) electrons. The second-order valence-corrected chi connectivity index (χ2v) is 5.89. The first-order valence-electron chi connectivity index (χ1n) is 6.53. The Morgan fingerprint density at radius 3 is 2.94 bits per heavy atom. The van der Waals surface area contributed by atoms with E-state index in [-0.39, 0.29) is 0 Å². The van der Waals surface area contributed by atoms with Crippen LogP contribution in [-0.2, 0) is 0 Å². The lowest BCUT2D eigenvalue weighted by Crippen LogP contribution is -2.17. The largest absolute Gasteiger partial charge is 0.492 e. The fourth-order valence-corrected chi connectivity index (χ4v) is 3.29. The zero-order chi connectivity index (χ0) is 12.1. The summed E-state index contributed by atoms with van der Waals surface area (Å²) in [6.45, 7) is 2.89. The molecule has 2 nitrogen and oxygen atoms in total. The van der Waals surface area contributed by atoms with Crippen molar-refractivity contribution in [2.75, 3.05) is 6.61 Å². The Labute approximate surface area is 112 Å². The Morgan fingerprint density at radius 1 is 1.35 bits per heavy atom. The Balaban J connectivity index is 2.08. The molecule has 2 unspecified atom stereocenters. The van der Waals surface area contributed by atoms with Crippen molar-refractivity contribution in [3.05, 3.63) is 24.0 Å². The van der Waals surface area contributed by atoms with Crippen molar-refractivity contribution >= 4 is 15.9 Å². The molecule has 0 N–H and O–H groups in total. The van der Waals surface area contributed by atoms with Gasteiger partial charge in [-0.3, -0.25) is 4.98 Å². The van der Waals surface area contributed by atoms with E-state index in [1.165, 1.54) is 31.2 Å². The van der Waals surface area contributed by atoms with E-state index in [9.17, 15) is 0 Å². The SMILES string of the molecule is CCCOc1cncc(C2CCCCC2Br)c1. The van der Waals surface area contributed by atoms with Crippen LogP contribution in [0.5, 0.6) is 5.75 Å². The summed E-state index contributed by atoms with van der Waals surface area (Å²) in [5.74, 6) is 1.51. The summed E-state index contributed by atoms with van der Waals surface area (Å²) in [5.41, 5.74) is 1.32. The zero-order valence-corrected chi connectivity index (χ0v) is 11.9. The molecule has 0 spiro atoms. The van der Waals surface area contributed by atoms with Gasteiger partial charge in [0.1, 0.15) is 5.75 Å². The fourth-order valence-electron chi connectivity index (χ4n) is 2.40. The van der Waals surface area contributed by atoms with Crippen LogP contribution in [-0.4, -0.2) is 16.4 Å². The fraction of sp³-hybridized carbons (Fsp3) is 0.643. The maximum atomic E-state index is 5.64. The number of nitrogens with zero attached hydrogens (tertiary/aromatic N) is 1. The number of hydrogen-bond acceptors (Lipinski definition) is 2. The van der Waals surface area contributed by atoms with Crippen LogP contribution in [0.2, 0.25) is 0 Å². The van der Waals surface area contributed by atoms with Gasteiger partial charge in [0.05, 0.1) is 12.8 Å². The normalized spacial score (nSPS) is 24.6. The molecule has 2 atom stereocenters. The van der Waals surface area contributed by atoms with Crippen LogP contribution in [0.15, 0.2) is 18.5 Å². The van der Waals surface area contributed by atoms with Crippen LogP contribution in [0.25, 0.3) is 0 Å². The Hall–Kier alpha value is -0.570. The summed E-state index contributed by atoms with van der Waals surface area (Å²) in [4.78, 5) is 4.90. The van der Waals surface area contributed by atoms with Crippen molar-refractivity contribution in [1.82, 2.24) is 4.98 Å². The molecule has 1 heterocycles. The average molecular weight is 298 g/mol. The minimum Gasteiger partial charge on any atom is -0.492 e. The quantitative estimate of drug-likeness (QED) is 0.774. The smallest absolute Gasteiger partial charge is 0.137 e. The summed E-state index contributed by atoms with van der Waals surface area (Å²) in [7, 11) is 0. The first kappa shape index (κ1) is 12.9. The van der Waals surface area contributed by atoms with Gasteiger partial charge in [-0.25, -0.2) is 0 Å². The molecule has 0 aromatic carbocycles. The minimum atomic E-state index is 0.597. The van der Waals surface area contributed by atoms with Gasteiger partial charge in [-0.1, -0.05) is 35.7 Å². The van der Waals surface area contributed by atoms with Crippen LogP contribution in [0.4, 0.5) is 0 Å². The van der Waals surface area contributed by atoms with Gasteiger partial charge in [-0.2, -0.15) is 0 Å². The minimum absolute atomic E-state index is 0.597. The number of halogens is 1. The molecule has 1 saturated carbocycles. The number of alkyl halides is 1. The summed E-state index contributed by atoms with van der Waals surface area (Å²) < 4.78 is 5.64. The molecule has 94 valence electrons. The van der Waals surface area contributed by atoms with Crippen LogP contribution >= 0.6 is 15.9 Å². The molecule has 0 bridgehead atoms. The van der Waals surface area contributed by atoms with Crippen molar-refractivity contribution in [3.63, 3.8) is 0 Å². The van der Waals surface area contributed by atoms with Crippen molar-refractivity contribution in [3.8, 4) is 5.75 Å². The Kier molecular flexibility index (Phi) is 4.84. The highest BCUT2D eigenvalue weighted by Crippen LogP contribution is 2.37. The number of pyridine rings is 1. The first-order valence-corrected chi connectivity index (χ1v) is 7.44. The van der Waals surface area contributed by atoms with E-state index in [0.29, 0.717) is 10.7 Å². The van der Waals surface area contributed by atoms with Gasteiger partial charge in [0.2, 0.25) is 0 Å². The van der Waals surface area contributed by atoms with E-state index < -0.39 is 0 Å². The van der Waals surface area contributed by atoms with Crippen LogP contribution in [0, 0.1) is 0 Å². The summed E-state index contributed by atoms with van der Waals surface area (Å²) in [6.07, 6.45) is 10.0. The molecule has 1 fully saturated rings. The van der Waals surface area contributed by atoms with Gasteiger partial charge in [0, 0.05) is 11.0 Å². The standard InChI is InChI=1S/C14H20BrNO/c1-2-7-17-12-8-11(9-16-10-12)13-5-3-4-6-14(13)15/h8-10,13-14H,2-7H2,1H3. The van der Waals surface area contributed by atoms with E-state index in [2.05, 4.69) is 33.9 Å². The molecule has 1 aliphatic rings. The van der Waals surface area contributed by atoms with Crippen LogP contribution < -0.4 is 4.74 Å². The molecule has 1 aromatic rings. The zero-order valence-electron chi connectivity index (χ0n) is 10.4. The highest BCUT2D eigenvalue weighted by molar-refractivity contribution is 9.09. The van der Waals surface area contributed by atoms with Gasteiger partial charge in [0.25, 0.3) is 0 Å². The van der Waals surface area contributed by atoms with E-state index in [4.69, 9.17) is 4.74 Å². The molecule has 1 aliphatic carbocycles. The lowest BCUT2D eigenvalue weighted by molar-refractivity contribution is 0.315. The predicted octanol–water partition coefficient (Wildman–Crippen LogP) is 4.29. The van der Waals surface area contributed by atoms with Gasteiger partial charge < -0.3 is 4.74 Å². The lowest BCUT2D eigenvalue weighted by Gasteiger charge is -2.27. The van der Waals surface area contributed by atoms with Gasteiger partial charge in [-0.05, 0) is 36.8 Å². The molecule has 3 heteroatoms. The molecule has 2 rings (SSSR count). The monoisotopic (exact) mass is 297 g/mol. The third-order valence-electron chi connectivity index (χ3n) is 3.32. The lowest BCUT2D eigenvalue weighted by atomic mass is 9.84. The third-order valence-corrected chi connectivity index (χ3v) is 4.41. The summed E-state index contributed by atoms with van der Waals surface area (Å²) in [5, 5.41) is 0. The van der Waals surface area contributed by atoms with Crippen molar-refractivity contribution in [2.45, 2.75) is 49.8 Å². The highest BCUT2D eigenvalue weighted by atomic mass is 79.9. The van der Waals surface area contributed by atoms with Gasteiger partial charge >= 0.3 is 0 Å². The summed E-state index contributed by atoms with van der Waals surface area (Å²) >= 11 is 3.80. The van der Waals surface area contributed by atoms with Gasteiger partial charge in [0.15, 0.2) is 0 Å². The number of rotatable bonds is 4. The van der Waals surface area contributed by atoms with E-state index in [1.807, 2.05) is 12.4 Å². The van der Waals surface area contributed by atoms with E-state index in [0.717, 1.165) is 18.8 Å². The molecule has 0 aliphatic heterocycles. The van der Waals surface area contributed by atoms with E-state index in [1.54, 1.807) is 0 Å². The third kappa shape index (κ3) is 3.44. The van der Waals surface area contributed by atoms with Crippen molar-refractivity contribution in [1.29, 1.82) is 0 Å². The maximum Gasteiger partial charge on any atom is 0.137 e. The Morgan fingerprint density at radius 2 is 2.18 bits per heavy atom. The number of ether oxygens (including phenoxy) is 1. The molecule has 0 saturated heterocycles. The van der Waals surface area contributed by atoms with Crippen molar-refractivity contribution < 1.29 is 4.74 Å².